The molecule has 0 spiro atoms. The molecule has 4 nitrogen and oxygen atoms in total. The Morgan fingerprint density at radius 2 is 1.68 bits per heavy atom. The van der Waals surface area contributed by atoms with E-state index < -0.39 is 0 Å². The van der Waals surface area contributed by atoms with Crippen molar-refractivity contribution in [2.24, 2.45) is 0 Å². The van der Waals surface area contributed by atoms with Crippen LogP contribution in [0.4, 0.5) is 9.18 Å². The Labute approximate surface area is 149 Å². The number of rotatable bonds is 6. The van der Waals surface area contributed by atoms with E-state index in [4.69, 9.17) is 0 Å². The second kappa shape index (κ2) is 8.39. The second-order valence-electron chi connectivity index (χ2n) is 5.55. The van der Waals surface area contributed by atoms with Crippen LogP contribution in [0, 0.1) is 5.82 Å². The number of benzene rings is 2. The number of hydrogen-bond acceptors (Lipinski definition) is 3. The zero-order valence-corrected chi connectivity index (χ0v) is 14.4. The van der Waals surface area contributed by atoms with E-state index in [1.54, 1.807) is 29.7 Å². The molecule has 2 aromatic carbocycles. The van der Waals surface area contributed by atoms with Crippen LogP contribution in [-0.2, 0) is 19.5 Å². The van der Waals surface area contributed by atoms with Crippen molar-refractivity contribution in [3.05, 3.63) is 87.6 Å². The van der Waals surface area contributed by atoms with Crippen LogP contribution in [0.5, 0.6) is 0 Å². The first-order valence-corrected chi connectivity index (χ1v) is 8.74. The molecule has 2 amide bonds. The van der Waals surface area contributed by atoms with Crippen molar-refractivity contribution in [2.45, 2.75) is 19.5 Å². The van der Waals surface area contributed by atoms with Gasteiger partial charge in [-0.15, -0.1) is 11.3 Å². The molecule has 0 fully saturated rings. The van der Waals surface area contributed by atoms with E-state index in [9.17, 15) is 9.18 Å². The summed E-state index contributed by atoms with van der Waals surface area (Å²) in [5, 5.41) is 6.45. The predicted molar refractivity (Wildman–Crippen MR) is 96.8 cm³/mol. The van der Waals surface area contributed by atoms with E-state index in [-0.39, 0.29) is 11.8 Å². The fraction of sp³-hybridized carbons (Fsp3) is 0.158. The van der Waals surface area contributed by atoms with Crippen molar-refractivity contribution < 1.29 is 9.18 Å². The monoisotopic (exact) mass is 355 g/mol. The first-order chi connectivity index (χ1) is 12.2. The molecule has 3 aromatic rings. The lowest BCUT2D eigenvalue weighted by atomic mass is 10.1. The minimum absolute atomic E-state index is 0.223. The van der Waals surface area contributed by atoms with E-state index in [2.05, 4.69) is 15.6 Å². The number of urea groups is 1. The Morgan fingerprint density at radius 1 is 0.960 bits per heavy atom. The van der Waals surface area contributed by atoms with Gasteiger partial charge in [0.2, 0.25) is 0 Å². The molecule has 0 saturated carbocycles. The summed E-state index contributed by atoms with van der Waals surface area (Å²) >= 11 is 1.54. The van der Waals surface area contributed by atoms with E-state index in [0.29, 0.717) is 19.5 Å². The molecule has 128 valence electrons. The lowest BCUT2D eigenvalue weighted by Gasteiger charge is -2.06. The molecular weight excluding hydrogens is 337 g/mol. The van der Waals surface area contributed by atoms with E-state index in [0.717, 1.165) is 21.0 Å². The molecule has 0 unspecified atom stereocenters. The lowest BCUT2D eigenvalue weighted by Crippen LogP contribution is -2.34. The first-order valence-electron chi connectivity index (χ1n) is 7.93. The van der Waals surface area contributed by atoms with Crippen LogP contribution in [0.25, 0.3) is 0 Å². The van der Waals surface area contributed by atoms with E-state index in [1.807, 2.05) is 30.3 Å². The Balaban J connectivity index is 1.45. The Morgan fingerprint density at radius 3 is 2.44 bits per heavy atom. The maximum absolute atomic E-state index is 12.9. The number of nitrogens with zero attached hydrogens (tertiary/aromatic N) is 1. The lowest BCUT2D eigenvalue weighted by molar-refractivity contribution is 0.240. The van der Waals surface area contributed by atoms with Gasteiger partial charge < -0.3 is 10.6 Å². The SMILES string of the molecule is O=C(NCc1ccccc1)NCc1ncc(Cc2ccc(F)cc2)s1. The minimum atomic E-state index is -0.237. The van der Waals surface area contributed by atoms with Crippen molar-refractivity contribution in [3.63, 3.8) is 0 Å². The average molecular weight is 355 g/mol. The molecule has 0 radical (unpaired) electrons. The molecule has 25 heavy (non-hydrogen) atoms. The van der Waals surface area contributed by atoms with Crippen LogP contribution in [0.1, 0.15) is 21.0 Å². The van der Waals surface area contributed by atoms with Gasteiger partial charge in [-0.05, 0) is 23.3 Å². The van der Waals surface area contributed by atoms with Crippen LogP contribution in [0.2, 0.25) is 0 Å². The zero-order chi connectivity index (χ0) is 17.5. The Kier molecular flexibility index (Phi) is 5.74. The minimum Gasteiger partial charge on any atom is -0.334 e. The highest BCUT2D eigenvalue weighted by molar-refractivity contribution is 7.11. The first kappa shape index (κ1) is 17.1. The normalized spacial score (nSPS) is 10.4. The molecule has 0 bridgehead atoms. The smallest absolute Gasteiger partial charge is 0.315 e. The molecule has 0 atom stereocenters. The van der Waals surface area contributed by atoms with E-state index >= 15 is 0 Å². The standard InChI is InChI=1S/C19H18FN3OS/c20-16-8-6-14(7-9-16)10-17-12-21-18(25-17)13-23-19(24)22-11-15-4-2-1-3-5-15/h1-9,12H,10-11,13H2,(H2,22,23,24). The number of thiazole rings is 1. The summed E-state index contributed by atoms with van der Waals surface area (Å²) in [6, 6.07) is 16.0. The number of nitrogens with one attached hydrogen (secondary N) is 2. The fourth-order valence-corrected chi connectivity index (χ4v) is 3.21. The number of aromatic nitrogens is 1. The van der Waals surface area contributed by atoms with Gasteiger partial charge in [0, 0.05) is 24.0 Å². The molecule has 1 heterocycles. The highest BCUT2D eigenvalue weighted by Crippen LogP contribution is 2.17. The molecule has 1 aromatic heterocycles. The molecule has 0 aliphatic rings. The number of carbonyl (C=O) groups is 1. The molecule has 2 N–H and O–H groups in total. The number of hydrogen-bond donors (Lipinski definition) is 2. The van der Waals surface area contributed by atoms with Gasteiger partial charge in [-0.1, -0.05) is 42.5 Å². The van der Waals surface area contributed by atoms with Gasteiger partial charge in [0.05, 0.1) is 6.54 Å². The fourth-order valence-electron chi connectivity index (χ4n) is 2.31. The van der Waals surface area contributed by atoms with Crippen LogP contribution in [-0.4, -0.2) is 11.0 Å². The summed E-state index contributed by atoms with van der Waals surface area (Å²) in [6.45, 7) is 0.870. The van der Waals surface area contributed by atoms with Crippen LogP contribution in [0.3, 0.4) is 0 Å². The van der Waals surface area contributed by atoms with Crippen molar-refractivity contribution in [1.29, 1.82) is 0 Å². The summed E-state index contributed by atoms with van der Waals surface area (Å²) in [5.74, 6) is -0.237. The van der Waals surface area contributed by atoms with Gasteiger partial charge >= 0.3 is 6.03 Å². The van der Waals surface area contributed by atoms with Gasteiger partial charge in [0.25, 0.3) is 0 Å². The summed E-state index contributed by atoms with van der Waals surface area (Å²) in [4.78, 5) is 17.2. The third-order valence-electron chi connectivity index (χ3n) is 3.59. The van der Waals surface area contributed by atoms with E-state index in [1.165, 1.54) is 12.1 Å². The van der Waals surface area contributed by atoms with Crippen molar-refractivity contribution in [2.75, 3.05) is 0 Å². The topological polar surface area (TPSA) is 54.0 Å². The van der Waals surface area contributed by atoms with Gasteiger partial charge in [-0.25, -0.2) is 14.2 Å². The summed E-state index contributed by atoms with van der Waals surface area (Å²) in [5.41, 5.74) is 2.08. The Bertz CT molecular complexity index is 818. The van der Waals surface area contributed by atoms with Crippen LogP contribution >= 0.6 is 11.3 Å². The summed E-state index contributed by atoms with van der Waals surface area (Å²) in [7, 11) is 0. The summed E-state index contributed by atoms with van der Waals surface area (Å²) < 4.78 is 12.9. The second-order valence-corrected chi connectivity index (χ2v) is 6.75. The Hall–Kier alpha value is -2.73. The largest absolute Gasteiger partial charge is 0.334 e. The van der Waals surface area contributed by atoms with Crippen molar-refractivity contribution >= 4 is 17.4 Å². The molecule has 0 aliphatic carbocycles. The summed E-state index contributed by atoms with van der Waals surface area (Å²) in [6.07, 6.45) is 2.51. The van der Waals surface area contributed by atoms with Crippen LogP contribution in [0.15, 0.2) is 60.8 Å². The molecule has 6 heteroatoms. The van der Waals surface area contributed by atoms with Gasteiger partial charge in [0.15, 0.2) is 0 Å². The average Bonchev–Trinajstić information content (AvgIpc) is 3.08. The number of amides is 2. The highest BCUT2D eigenvalue weighted by Gasteiger charge is 2.06. The molecular formula is C19H18FN3OS. The van der Waals surface area contributed by atoms with Gasteiger partial charge in [-0.3, -0.25) is 0 Å². The quantitative estimate of drug-likeness (QED) is 0.705. The third kappa shape index (κ3) is 5.39. The van der Waals surface area contributed by atoms with Gasteiger partial charge in [0.1, 0.15) is 10.8 Å². The number of carbonyl (C=O) groups excluding carboxylic acids is 1. The maximum Gasteiger partial charge on any atom is 0.315 e. The molecule has 3 rings (SSSR count). The molecule has 0 aliphatic heterocycles. The molecule has 0 saturated heterocycles. The van der Waals surface area contributed by atoms with Crippen molar-refractivity contribution in [3.8, 4) is 0 Å². The number of halogens is 1. The highest BCUT2D eigenvalue weighted by atomic mass is 32.1. The third-order valence-corrected chi connectivity index (χ3v) is 4.59. The van der Waals surface area contributed by atoms with Gasteiger partial charge in [-0.2, -0.15) is 0 Å². The van der Waals surface area contributed by atoms with Crippen molar-refractivity contribution in [1.82, 2.24) is 15.6 Å². The maximum atomic E-state index is 12.9. The zero-order valence-electron chi connectivity index (χ0n) is 13.5. The predicted octanol–water partition coefficient (Wildman–Crippen LogP) is 3.87. The van der Waals surface area contributed by atoms with Crippen LogP contribution < -0.4 is 10.6 Å².